The van der Waals surface area contributed by atoms with Crippen LogP contribution in [0.2, 0.25) is 5.02 Å². The number of carboxylic acid groups (broad SMARTS) is 1. The molecule has 1 heterocycles. The van der Waals surface area contributed by atoms with E-state index in [1.54, 1.807) is 18.3 Å². The standard InChI is InChI=1S/C12H10BrClN2O2S/c1-7-5-15-12(19-6-11(17)18)16(7)10-3-2-8(14)4-9(10)13/h2-5H,6H2,1H3,(H,17,18). The van der Waals surface area contributed by atoms with Crippen molar-refractivity contribution in [1.82, 2.24) is 9.55 Å². The molecule has 0 atom stereocenters. The number of imidazole rings is 1. The number of hydrogen-bond acceptors (Lipinski definition) is 3. The molecule has 1 N–H and O–H groups in total. The average molecular weight is 362 g/mol. The Morgan fingerprint density at radius 1 is 1.58 bits per heavy atom. The first-order valence-corrected chi connectivity index (χ1v) is 7.49. The Morgan fingerprint density at radius 3 is 2.95 bits per heavy atom. The minimum absolute atomic E-state index is 0.0261. The van der Waals surface area contributed by atoms with E-state index in [2.05, 4.69) is 20.9 Å². The van der Waals surface area contributed by atoms with E-state index in [9.17, 15) is 4.79 Å². The molecule has 0 aliphatic rings. The summed E-state index contributed by atoms with van der Waals surface area (Å²) < 4.78 is 2.73. The third-order valence-corrected chi connectivity index (χ3v) is 4.19. The van der Waals surface area contributed by atoms with Gasteiger partial charge in [0, 0.05) is 21.4 Å². The molecule has 0 amide bonds. The van der Waals surface area contributed by atoms with Crippen LogP contribution in [0, 0.1) is 6.92 Å². The predicted octanol–water partition coefficient (Wildman–Crippen LogP) is 3.77. The molecule has 0 aliphatic heterocycles. The number of carbonyl (C=O) groups is 1. The summed E-state index contributed by atoms with van der Waals surface area (Å²) in [4.78, 5) is 14.9. The zero-order valence-electron chi connectivity index (χ0n) is 9.93. The van der Waals surface area contributed by atoms with Gasteiger partial charge in [-0.3, -0.25) is 9.36 Å². The summed E-state index contributed by atoms with van der Waals surface area (Å²) in [6.07, 6.45) is 1.71. The van der Waals surface area contributed by atoms with Crippen LogP contribution in [0.5, 0.6) is 0 Å². The smallest absolute Gasteiger partial charge is 0.313 e. The van der Waals surface area contributed by atoms with E-state index in [1.165, 1.54) is 11.8 Å². The van der Waals surface area contributed by atoms with Gasteiger partial charge in [0.2, 0.25) is 0 Å². The van der Waals surface area contributed by atoms with Crippen molar-refractivity contribution >= 4 is 45.3 Å². The highest BCUT2D eigenvalue weighted by Crippen LogP contribution is 2.30. The van der Waals surface area contributed by atoms with Gasteiger partial charge >= 0.3 is 5.97 Å². The molecule has 0 unspecified atom stereocenters. The Labute approximate surface area is 127 Å². The first kappa shape index (κ1) is 14.4. The first-order chi connectivity index (χ1) is 8.99. The lowest BCUT2D eigenvalue weighted by Gasteiger charge is -2.11. The second kappa shape index (κ2) is 5.98. The summed E-state index contributed by atoms with van der Waals surface area (Å²) in [5.41, 5.74) is 1.81. The van der Waals surface area contributed by atoms with E-state index in [1.807, 2.05) is 17.6 Å². The fraction of sp³-hybridized carbons (Fsp3) is 0.167. The van der Waals surface area contributed by atoms with Gasteiger partial charge in [-0.15, -0.1) is 0 Å². The van der Waals surface area contributed by atoms with Gasteiger partial charge in [-0.1, -0.05) is 23.4 Å². The third kappa shape index (κ3) is 3.32. The molecule has 0 saturated carbocycles. The molecule has 0 fully saturated rings. The topological polar surface area (TPSA) is 55.1 Å². The number of hydrogen-bond donors (Lipinski definition) is 1. The summed E-state index contributed by atoms with van der Waals surface area (Å²) in [6.45, 7) is 1.92. The second-order valence-corrected chi connectivity index (χ2v) is 6.03. The molecule has 7 heteroatoms. The van der Waals surface area contributed by atoms with Crippen LogP contribution in [0.25, 0.3) is 5.69 Å². The van der Waals surface area contributed by atoms with E-state index in [0.29, 0.717) is 10.2 Å². The van der Waals surface area contributed by atoms with Gasteiger partial charge in [-0.2, -0.15) is 0 Å². The normalized spacial score (nSPS) is 10.7. The lowest BCUT2D eigenvalue weighted by atomic mass is 10.3. The predicted molar refractivity (Wildman–Crippen MR) is 79.4 cm³/mol. The second-order valence-electron chi connectivity index (χ2n) is 3.80. The van der Waals surface area contributed by atoms with Crippen LogP contribution in [0.3, 0.4) is 0 Å². The number of aryl methyl sites for hydroxylation is 1. The van der Waals surface area contributed by atoms with Crippen molar-refractivity contribution in [3.05, 3.63) is 39.6 Å². The quantitative estimate of drug-likeness (QED) is 0.842. The maximum absolute atomic E-state index is 10.7. The number of nitrogens with zero attached hydrogens (tertiary/aromatic N) is 2. The largest absolute Gasteiger partial charge is 0.481 e. The number of halogens is 2. The van der Waals surface area contributed by atoms with Gasteiger partial charge in [0.1, 0.15) is 0 Å². The number of aliphatic carboxylic acids is 1. The van der Waals surface area contributed by atoms with Gasteiger partial charge in [-0.05, 0) is 41.1 Å². The average Bonchev–Trinajstić information content (AvgIpc) is 2.68. The molecule has 100 valence electrons. The Balaban J connectivity index is 2.43. The van der Waals surface area contributed by atoms with E-state index >= 15 is 0 Å². The SMILES string of the molecule is Cc1cnc(SCC(=O)O)n1-c1ccc(Cl)cc1Br. The van der Waals surface area contributed by atoms with Crippen LogP contribution >= 0.6 is 39.3 Å². The van der Waals surface area contributed by atoms with Crippen molar-refractivity contribution in [2.45, 2.75) is 12.1 Å². The van der Waals surface area contributed by atoms with Crippen molar-refractivity contribution in [1.29, 1.82) is 0 Å². The zero-order valence-corrected chi connectivity index (χ0v) is 13.1. The van der Waals surface area contributed by atoms with Crippen molar-refractivity contribution in [2.75, 3.05) is 5.75 Å². The molecule has 1 aromatic heterocycles. The van der Waals surface area contributed by atoms with Crippen molar-refractivity contribution < 1.29 is 9.90 Å². The summed E-state index contributed by atoms with van der Waals surface area (Å²) in [5, 5.41) is 10.0. The van der Waals surface area contributed by atoms with Gasteiger partial charge in [0.25, 0.3) is 0 Å². The highest BCUT2D eigenvalue weighted by atomic mass is 79.9. The number of rotatable bonds is 4. The van der Waals surface area contributed by atoms with Crippen LogP contribution in [0.4, 0.5) is 0 Å². The van der Waals surface area contributed by atoms with Gasteiger partial charge in [-0.25, -0.2) is 4.98 Å². The van der Waals surface area contributed by atoms with E-state index in [4.69, 9.17) is 16.7 Å². The molecule has 0 saturated heterocycles. The van der Waals surface area contributed by atoms with E-state index < -0.39 is 5.97 Å². The molecular weight excluding hydrogens is 352 g/mol. The van der Waals surface area contributed by atoms with Crippen LogP contribution in [0.1, 0.15) is 5.69 Å². The fourth-order valence-electron chi connectivity index (χ4n) is 1.60. The molecule has 4 nitrogen and oxygen atoms in total. The minimum Gasteiger partial charge on any atom is -0.481 e. The molecule has 1 aromatic carbocycles. The number of thioether (sulfide) groups is 1. The number of carboxylic acids is 1. The Hall–Kier alpha value is -0.980. The molecule has 19 heavy (non-hydrogen) atoms. The van der Waals surface area contributed by atoms with Gasteiger partial charge in [0.15, 0.2) is 5.16 Å². The Bertz CT molecular complexity index is 630. The highest BCUT2D eigenvalue weighted by Gasteiger charge is 2.13. The summed E-state index contributed by atoms with van der Waals surface area (Å²) in [5.74, 6) is -0.894. The fourth-order valence-corrected chi connectivity index (χ4v) is 3.21. The van der Waals surface area contributed by atoms with Crippen LogP contribution in [0.15, 0.2) is 34.0 Å². The maximum Gasteiger partial charge on any atom is 0.313 e. The molecular formula is C12H10BrClN2O2S. The van der Waals surface area contributed by atoms with Crippen LogP contribution in [-0.2, 0) is 4.79 Å². The lowest BCUT2D eigenvalue weighted by Crippen LogP contribution is -2.03. The molecule has 0 aliphatic carbocycles. The third-order valence-electron chi connectivity index (χ3n) is 2.38. The summed E-state index contributed by atoms with van der Waals surface area (Å²) in [7, 11) is 0. The molecule has 2 rings (SSSR count). The van der Waals surface area contributed by atoms with Crippen LogP contribution in [-0.4, -0.2) is 26.4 Å². The van der Waals surface area contributed by atoms with Crippen LogP contribution < -0.4 is 0 Å². The lowest BCUT2D eigenvalue weighted by molar-refractivity contribution is -0.133. The highest BCUT2D eigenvalue weighted by molar-refractivity contribution is 9.10. The molecule has 0 spiro atoms. The first-order valence-electron chi connectivity index (χ1n) is 5.33. The summed E-state index contributed by atoms with van der Waals surface area (Å²) >= 11 is 10.6. The van der Waals surface area contributed by atoms with Crippen molar-refractivity contribution in [3.63, 3.8) is 0 Å². The Kier molecular flexibility index (Phi) is 4.54. The van der Waals surface area contributed by atoms with Crippen molar-refractivity contribution in [3.8, 4) is 5.69 Å². The Morgan fingerprint density at radius 2 is 2.32 bits per heavy atom. The zero-order chi connectivity index (χ0) is 14.0. The van der Waals surface area contributed by atoms with Crippen molar-refractivity contribution in [2.24, 2.45) is 0 Å². The van der Waals surface area contributed by atoms with E-state index in [0.717, 1.165) is 15.9 Å². The number of aromatic nitrogens is 2. The maximum atomic E-state index is 10.7. The summed E-state index contributed by atoms with van der Waals surface area (Å²) in [6, 6.07) is 5.45. The van der Waals surface area contributed by atoms with Gasteiger partial charge < -0.3 is 5.11 Å². The number of benzene rings is 1. The molecule has 0 bridgehead atoms. The van der Waals surface area contributed by atoms with E-state index in [-0.39, 0.29) is 5.75 Å². The molecule has 0 radical (unpaired) electrons. The monoisotopic (exact) mass is 360 g/mol. The van der Waals surface area contributed by atoms with Gasteiger partial charge in [0.05, 0.1) is 11.4 Å². The minimum atomic E-state index is -0.868. The molecule has 2 aromatic rings.